The maximum absolute atomic E-state index is 12.8. The Balaban J connectivity index is 2.85. The zero-order valence-corrected chi connectivity index (χ0v) is 7.06. The van der Waals surface area contributed by atoms with Gasteiger partial charge in [-0.3, -0.25) is 4.98 Å². The molecular formula is C7H5ClF3NO. The largest absolute Gasteiger partial charge is 0.430 e. The quantitative estimate of drug-likeness (QED) is 0.717. The first-order chi connectivity index (χ1) is 6.13. The number of hydrogen-bond acceptors (Lipinski definition) is 2. The van der Waals surface area contributed by atoms with Crippen molar-refractivity contribution in [2.24, 2.45) is 0 Å². The van der Waals surface area contributed by atoms with Crippen molar-refractivity contribution in [2.45, 2.75) is 12.5 Å². The van der Waals surface area contributed by atoms with E-state index in [-0.39, 0.29) is 11.6 Å². The summed E-state index contributed by atoms with van der Waals surface area (Å²) >= 11 is 5.34. The van der Waals surface area contributed by atoms with Gasteiger partial charge in [-0.05, 0) is 0 Å². The van der Waals surface area contributed by atoms with Gasteiger partial charge < -0.3 is 4.74 Å². The molecule has 0 N–H and O–H groups in total. The van der Waals surface area contributed by atoms with Gasteiger partial charge in [0.1, 0.15) is 0 Å². The molecule has 0 amide bonds. The van der Waals surface area contributed by atoms with Gasteiger partial charge in [0, 0.05) is 6.07 Å². The van der Waals surface area contributed by atoms with E-state index in [1.54, 1.807) is 0 Å². The summed E-state index contributed by atoms with van der Waals surface area (Å²) < 4.78 is 40.0. The van der Waals surface area contributed by atoms with E-state index in [2.05, 4.69) is 9.72 Å². The van der Waals surface area contributed by atoms with Crippen LogP contribution in [0.25, 0.3) is 0 Å². The number of nitrogens with zero attached hydrogens (tertiary/aromatic N) is 1. The van der Waals surface area contributed by atoms with E-state index < -0.39 is 18.2 Å². The Morgan fingerprint density at radius 1 is 1.54 bits per heavy atom. The molecule has 0 saturated carbocycles. The Hall–Kier alpha value is -0.970. The lowest BCUT2D eigenvalue weighted by Gasteiger charge is -2.05. The van der Waals surface area contributed by atoms with E-state index in [1.807, 2.05) is 0 Å². The summed E-state index contributed by atoms with van der Waals surface area (Å²) in [7, 11) is 0. The normalized spacial score (nSPS) is 10.5. The molecule has 1 heterocycles. The Bertz CT molecular complexity index is 295. The summed E-state index contributed by atoms with van der Waals surface area (Å²) in [6.07, 6.45) is 0.874. The van der Waals surface area contributed by atoms with Crippen LogP contribution < -0.4 is 4.74 Å². The first-order valence-corrected chi connectivity index (χ1v) is 3.82. The van der Waals surface area contributed by atoms with Crippen LogP contribution >= 0.6 is 11.6 Å². The number of pyridine rings is 1. The average molecular weight is 212 g/mol. The zero-order valence-electron chi connectivity index (χ0n) is 6.31. The molecule has 0 aliphatic heterocycles. The second-order valence-corrected chi connectivity index (χ2v) is 2.39. The fraction of sp³-hybridized carbons (Fsp3) is 0.286. The van der Waals surface area contributed by atoms with Crippen LogP contribution in [-0.4, -0.2) is 11.6 Å². The van der Waals surface area contributed by atoms with E-state index in [1.165, 1.54) is 0 Å². The SMILES string of the molecule is Fc1cc(CCl)ncc1OC(F)F. The lowest BCUT2D eigenvalue weighted by molar-refractivity contribution is -0.0524. The van der Waals surface area contributed by atoms with Gasteiger partial charge in [0.2, 0.25) is 0 Å². The van der Waals surface area contributed by atoms with Crippen molar-refractivity contribution in [3.63, 3.8) is 0 Å². The van der Waals surface area contributed by atoms with E-state index in [0.29, 0.717) is 0 Å². The molecule has 0 bridgehead atoms. The van der Waals surface area contributed by atoms with Crippen LogP contribution in [0.15, 0.2) is 12.3 Å². The van der Waals surface area contributed by atoms with Gasteiger partial charge in [0.05, 0.1) is 17.8 Å². The zero-order chi connectivity index (χ0) is 9.84. The molecule has 0 aliphatic carbocycles. The van der Waals surface area contributed by atoms with Gasteiger partial charge in [-0.25, -0.2) is 4.39 Å². The Morgan fingerprint density at radius 3 is 2.69 bits per heavy atom. The molecule has 0 unspecified atom stereocenters. The van der Waals surface area contributed by atoms with Crippen LogP contribution in [-0.2, 0) is 5.88 Å². The van der Waals surface area contributed by atoms with Gasteiger partial charge in [-0.2, -0.15) is 8.78 Å². The third kappa shape index (κ3) is 2.77. The minimum atomic E-state index is -3.06. The van der Waals surface area contributed by atoms with Gasteiger partial charge in [0.15, 0.2) is 11.6 Å². The predicted octanol–water partition coefficient (Wildman–Crippen LogP) is 2.56. The summed E-state index contributed by atoms with van der Waals surface area (Å²) in [5.41, 5.74) is 0.265. The van der Waals surface area contributed by atoms with Crippen LogP contribution in [0.1, 0.15) is 5.69 Å². The molecule has 1 rings (SSSR count). The standard InChI is InChI=1S/C7H5ClF3NO/c8-2-4-1-5(9)6(3-12-4)13-7(10)11/h1,3,7H,2H2. The molecule has 13 heavy (non-hydrogen) atoms. The predicted molar refractivity (Wildman–Crippen MR) is 40.4 cm³/mol. The minimum Gasteiger partial charge on any atom is -0.430 e. The molecule has 0 aromatic carbocycles. The average Bonchev–Trinajstić information content (AvgIpc) is 2.08. The smallest absolute Gasteiger partial charge is 0.387 e. The van der Waals surface area contributed by atoms with Gasteiger partial charge >= 0.3 is 6.61 Å². The van der Waals surface area contributed by atoms with Crippen LogP contribution in [0.5, 0.6) is 5.75 Å². The first-order valence-electron chi connectivity index (χ1n) is 3.28. The molecule has 0 atom stereocenters. The van der Waals surface area contributed by atoms with E-state index in [9.17, 15) is 13.2 Å². The molecule has 0 saturated heterocycles. The van der Waals surface area contributed by atoms with Crippen molar-refractivity contribution in [2.75, 3.05) is 0 Å². The second-order valence-electron chi connectivity index (χ2n) is 2.12. The van der Waals surface area contributed by atoms with Crippen molar-refractivity contribution >= 4 is 11.6 Å². The van der Waals surface area contributed by atoms with Gasteiger partial charge in [-0.15, -0.1) is 11.6 Å². The third-order valence-electron chi connectivity index (χ3n) is 1.23. The first kappa shape index (κ1) is 10.1. The molecule has 1 aromatic rings. The number of hydrogen-bond donors (Lipinski definition) is 0. The Kier molecular flexibility index (Phi) is 3.36. The van der Waals surface area contributed by atoms with E-state index in [0.717, 1.165) is 12.3 Å². The Morgan fingerprint density at radius 2 is 2.23 bits per heavy atom. The van der Waals surface area contributed by atoms with E-state index >= 15 is 0 Å². The summed E-state index contributed by atoms with van der Waals surface area (Å²) in [6, 6.07) is 0.949. The monoisotopic (exact) mass is 211 g/mol. The van der Waals surface area contributed by atoms with Crippen LogP contribution in [0.3, 0.4) is 0 Å². The molecule has 0 radical (unpaired) electrons. The summed E-state index contributed by atoms with van der Waals surface area (Å²) in [5, 5.41) is 0. The summed E-state index contributed by atoms with van der Waals surface area (Å²) in [6.45, 7) is -3.06. The number of rotatable bonds is 3. The number of aromatic nitrogens is 1. The van der Waals surface area contributed by atoms with Crippen molar-refractivity contribution in [1.82, 2.24) is 4.98 Å². The summed E-state index contributed by atoms with van der Waals surface area (Å²) in [5.74, 6) is -1.46. The fourth-order valence-electron chi connectivity index (χ4n) is 0.714. The Labute approximate surface area is 77.3 Å². The maximum atomic E-state index is 12.8. The number of alkyl halides is 3. The maximum Gasteiger partial charge on any atom is 0.387 e. The van der Waals surface area contributed by atoms with Crippen LogP contribution in [0.2, 0.25) is 0 Å². The molecule has 6 heteroatoms. The highest BCUT2D eigenvalue weighted by Gasteiger charge is 2.10. The lowest BCUT2D eigenvalue weighted by Crippen LogP contribution is -2.04. The van der Waals surface area contributed by atoms with Crippen molar-refractivity contribution < 1.29 is 17.9 Å². The fourth-order valence-corrected chi connectivity index (χ4v) is 0.860. The molecule has 1 aromatic heterocycles. The number of halogens is 4. The molecule has 0 aliphatic rings. The highest BCUT2D eigenvalue weighted by molar-refractivity contribution is 6.16. The molecular weight excluding hydrogens is 207 g/mol. The van der Waals surface area contributed by atoms with Gasteiger partial charge in [0.25, 0.3) is 0 Å². The minimum absolute atomic E-state index is 0.0197. The van der Waals surface area contributed by atoms with Crippen LogP contribution in [0.4, 0.5) is 13.2 Å². The summed E-state index contributed by atoms with van der Waals surface area (Å²) in [4.78, 5) is 3.58. The lowest BCUT2D eigenvalue weighted by atomic mass is 10.3. The molecule has 0 spiro atoms. The highest BCUT2D eigenvalue weighted by Crippen LogP contribution is 2.18. The molecule has 0 fully saturated rings. The number of ether oxygens (including phenoxy) is 1. The van der Waals surface area contributed by atoms with Crippen molar-refractivity contribution in [3.8, 4) is 5.75 Å². The highest BCUT2D eigenvalue weighted by atomic mass is 35.5. The molecule has 72 valence electrons. The van der Waals surface area contributed by atoms with Crippen LogP contribution in [0, 0.1) is 5.82 Å². The van der Waals surface area contributed by atoms with Crippen molar-refractivity contribution in [1.29, 1.82) is 0 Å². The third-order valence-corrected chi connectivity index (χ3v) is 1.50. The topological polar surface area (TPSA) is 22.1 Å². The second kappa shape index (κ2) is 4.32. The van der Waals surface area contributed by atoms with Gasteiger partial charge in [-0.1, -0.05) is 0 Å². The van der Waals surface area contributed by atoms with E-state index in [4.69, 9.17) is 11.6 Å². The van der Waals surface area contributed by atoms with Crippen molar-refractivity contribution in [3.05, 3.63) is 23.8 Å². The molecule has 2 nitrogen and oxygen atoms in total.